The summed E-state index contributed by atoms with van der Waals surface area (Å²) in [4.78, 5) is 26.4. The average molecular weight is 403 g/mol. The summed E-state index contributed by atoms with van der Waals surface area (Å²) < 4.78 is 18.3. The van der Waals surface area contributed by atoms with Crippen molar-refractivity contribution in [3.63, 3.8) is 0 Å². The number of nitro groups is 1. The lowest BCUT2D eigenvalue weighted by Gasteiger charge is -2.36. The van der Waals surface area contributed by atoms with Crippen LogP contribution < -0.4 is 19.9 Å². The summed E-state index contributed by atoms with van der Waals surface area (Å²) in [5, 5.41) is 13.7. The molecule has 154 valence electrons. The molecule has 29 heavy (non-hydrogen) atoms. The van der Waals surface area contributed by atoms with E-state index >= 15 is 0 Å². The maximum absolute atomic E-state index is 13.1. The van der Waals surface area contributed by atoms with Crippen LogP contribution in [0.4, 0.5) is 21.5 Å². The predicted octanol–water partition coefficient (Wildman–Crippen LogP) is 1.47. The van der Waals surface area contributed by atoms with Crippen LogP contribution >= 0.6 is 0 Å². The van der Waals surface area contributed by atoms with E-state index in [2.05, 4.69) is 10.2 Å². The van der Waals surface area contributed by atoms with Crippen LogP contribution in [0.15, 0.2) is 42.5 Å². The van der Waals surface area contributed by atoms with E-state index in [0.717, 1.165) is 36.8 Å². The SMILES string of the molecule is COc1cc([N+](=O)[O-])ccc1NC(=O)[C@H](C)[NH+]1CCN(c2ccc(F)cc2)CC1. The third kappa shape index (κ3) is 4.80. The summed E-state index contributed by atoms with van der Waals surface area (Å²) in [5.74, 6) is -0.191. The first-order valence-corrected chi connectivity index (χ1v) is 9.37. The lowest BCUT2D eigenvalue weighted by atomic mass is 10.2. The van der Waals surface area contributed by atoms with Crippen LogP contribution in [0.25, 0.3) is 0 Å². The molecule has 1 amide bonds. The van der Waals surface area contributed by atoms with Crippen molar-refractivity contribution in [3.8, 4) is 5.75 Å². The van der Waals surface area contributed by atoms with Crippen LogP contribution in [0, 0.1) is 15.9 Å². The summed E-state index contributed by atoms with van der Waals surface area (Å²) >= 11 is 0. The van der Waals surface area contributed by atoms with Gasteiger partial charge < -0.3 is 19.9 Å². The highest BCUT2D eigenvalue weighted by Gasteiger charge is 2.30. The molecule has 2 N–H and O–H groups in total. The van der Waals surface area contributed by atoms with Gasteiger partial charge in [0.1, 0.15) is 11.6 Å². The Morgan fingerprint density at radius 2 is 1.90 bits per heavy atom. The molecular formula is C20H24FN4O4+. The summed E-state index contributed by atoms with van der Waals surface area (Å²) in [7, 11) is 1.40. The number of amides is 1. The van der Waals surface area contributed by atoms with Crippen molar-refractivity contribution in [2.75, 3.05) is 43.5 Å². The maximum Gasteiger partial charge on any atom is 0.282 e. The van der Waals surface area contributed by atoms with Gasteiger partial charge in [0.05, 0.1) is 50.0 Å². The zero-order valence-electron chi connectivity index (χ0n) is 16.4. The minimum atomic E-state index is -0.512. The number of nitro benzene ring substituents is 1. The fourth-order valence-electron chi connectivity index (χ4n) is 3.46. The third-order valence-corrected chi connectivity index (χ3v) is 5.26. The van der Waals surface area contributed by atoms with Gasteiger partial charge in [-0.15, -0.1) is 0 Å². The van der Waals surface area contributed by atoms with Gasteiger partial charge in [-0.05, 0) is 37.3 Å². The lowest BCUT2D eigenvalue weighted by molar-refractivity contribution is -0.914. The molecule has 0 spiro atoms. The van der Waals surface area contributed by atoms with Crippen LogP contribution in [0.3, 0.4) is 0 Å². The van der Waals surface area contributed by atoms with E-state index in [0.29, 0.717) is 5.69 Å². The minimum Gasteiger partial charge on any atom is -0.494 e. The monoisotopic (exact) mass is 403 g/mol. The van der Waals surface area contributed by atoms with Gasteiger partial charge in [-0.25, -0.2) is 4.39 Å². The Labute approximate surface area is 168 Å². The van der Waals surface area contributed by atoms with Crippen molar-refractivity contribution in [1.82, 2.24) is 0 Å². The van der Waals surface area contributed by atoms with Crippen LogP contribution in [0.1, 0.15) is 6.92 Å². The van der Waals surface area contributed by atoms with Gasteiger partial charge in [-0.3, -0.25) is 14.9 Å². The second-order valence-corrected chi connectivity index (χ2v) is 6.97. The Kier molecular flexibility index (Phi) is 6.28. The van der Waals surface area contributed by atoms with Gasteiger partial charge in [0.2, 0.25) is 0 Å². The highest BCUT2D eigenvalue weighted by molar-refractivity contribution is 5.95. The number of nitrogens with zero attached hydrogens (tertiary/aromatic N) is 2. The molecule has 1 aliphatic rings. The summed E-state index contributed by atoms with van der Waals surface area (Å²) in [6.07, 6.45) is 0. The van der Waals surface area contributed by atoms with Crippen molar-refractivity contribution >= 4 is 23.0 Å². The van der Waals surface area contributed by atoms with Crippen molar-refractivity contribution in [1.29, 1.82) is 0 Å². The van der Waals surface area contributed by atoms with Gasteiger partial charge in [-0.2, -0.15) is 0 Å². The molecule has 1 aliphatic heterocycles. The Hall–Kier alpha value is -3.20. The molecule has 0 aliphatic carbocycles. The van der Waals surface area contributed by atoms with Crippen LogP contribution in [-0.4, -0.2) is 50.2 Å². The zero-order valence-corrected chi connectivity index (χ0v) is 16.4. The van der Waals surface area contributed by atoms with Gasteiger partial charge >= 0.3 is 0 Å². The number of nitrogens with one attached hydrogen (secondary N) is 2. The Balaban J connectivity index is 1.60. The summed E-state index contributed by atoms with van der Waals surface area (Å²) in [5.41, 5.74) is 1.27. The van der Waals surface area contributed by atoms with E-state index in [1.165, 1.54) is 37.4 Å². The number of benzene rings is 2. The summed E-state index contributed by atoms with van der Waals surface area (Å²) in [6, 6.07) is 10.2. The number of non-ortho nitro benzene ring substituents is 1. The standard InChI is InChI=1S/C20H23FN4O4/c1-14(20(26)22-18-8-7-17(25(27)28)13-19(18)29-2)23-9-11-24(12-10-23)16-5-3-15(21)4-6-16/h3-8,13-14H,9-12H2,1-2H3,(H,22,26)/p+1/t14-/m0/s1. The van der Waals surface area contributed by atoms with Crippen LogP contribution in [0.2, 0.25) is 0 Å². The average Bonchev–Trinajstić information content (AvgIpc) is 2.74. The number of carbonyl (C=O) groups is 1. The normalized spacial score (nSPS) is 15.6. The second-order valence-electron chi connectivity index (χ2n) is 6.97. The first-order chi connectivity index (χ1) is 13.9. The van der Waals surface area contributed by atoms with Crippen molar-refractivity contribution in [2.45, 2.75) is 13.0 Å². The molecule has 2 aromatic carbocycles. The van der Waals surface area contributed by atoms with Gasteiger partial charge in [-0.1, -0.05) is 0 Å². The largest absolute Gasteiger partial charge is 0.494 e. The minimum absolute atomic E-state index is 0.101. The fourth-order valence-corrected chi connectivity index (χ4v) is 3.46. The molecule has 1 fully saturated rings. The molecule has 1 saturated heterocycles. The number of quaternary nitrogens is 1. The molecule has 1 atom stereocenters. The molecular weight excluding hydrogens is 379 g/mol. The zero-order chi connectivity index (χ0) is 21.0. The highest BCUT2D eigenvalue weighted by atomic mass is 19.1. The van der Waals surface area contributed by atoms with E-state index < -0.39 is 4.92 Å². The number of hydrogen-bond donors (Lipinski definition) is 2. The first-order valence-electron chi connectivity index (χ1n) is 9.37. The van der Waals surface area contributed by atoms with Gasteiger partial charge in [0, 0.05) is 11.8 Å². The first kappa shape index (κ1) is 20.5. The van der Waals surface area contributed by atoms with E-state index in [1.54, 1.807) is 12.1 Å². The number of rotatable bonds is 6. The Morgan fingerprint density at radius 3 is 2.48 bits per heavy atom. The maximum atomic E-state index is 13.1. The number of methoxy groups -OCH3 is 1. The predicted molar refractivity (Wildman–Crippen MR) is 107 cm³/mol. The number of ether oxygens (including phenoxy) is 1. The molecule has 2 aromatic rings. The highest BCUT2D eigenvalue weighted by Crippen LogP contribution is 2.29. The topological polar surface area (TPSA) is 89.1 Å². The van der Waals surface area contributed by atoms with Gasteiger partial charge in [0.15, 0.2) is 6.04 Å². The summed E-state index contributed by atoms with van der Waals surface area (Å²) in [6.45, 7) is 4.92. The Morgan fingerprint density at radius 1 is 1.24 bits per heavy atom. The van der Waals surface area contributed by atoms with Crippen molar-refractivity contribution in [2.24, 2.45) is 0 Å². The molecule has 8 nitrogen and oxygen atoms in total. The molecule has 0 radical (unpaired) electrons. The van der Waals surface area contributed by atoms with E-state index in [9.17, 15) is 19.3 Å². The molecule has 0 unspecified atom stereocenters. The number of piperazine rings is 1. The second kappa shape index (κ2) is 8.87. The smallest absolute Gasteiger partial charge is 0.282 e. The van der Waals surface area contributed by atoms with Gasteiger partial charge in [0.25, 0.3) is 11.6 Å². The lowest BCUT2D eigenvalue weighted by Crippen LogP contribution is -3.19. The number of halogens is 1. The molecule has 0 bridgehead atoms. The quantitative estimate of drug-likeness (QED) is 0.563. The van der Waals surface area contributed by atoms with Crippen LogP contribution in [0.5, 0.6) is 5.75 Å². The molecule has 9 heteroatoms. The molecule has 0 aromatic heterocycles. The Bertz CT molecular complexity index is 883. The van der Waals surface area contributed by atoms with E-state index in [4.69, 9.17) is 4.74 Å². The van der Waals surface area contributed by atoms with Crippen molar-refractivity contribution in [3.05, 3.63) is 58.4 Å². The molecule has 1 heterocycles. The van der Waals surface area contributed by atoms with Crippen molar-refractivity contribution < 1.29 is 23.7 Å². The van der Waals surface area contributed by atoms with E-state index in [-0.39, 0.29) is 29.2 Å². The number of anilines is 2. The third-order valence-electron chi connectivity index (χ3n) is 5.26. The van der Waals surface area contributed by atoms with Crippen LogP contribution in [-0.2, 0) is 4.79 Å². The van der Waals surface area contributed by atoms with E-state index in [1.807, 2.05) is 6.92 Å². The molecule has 3 rings (SSSR count). The fraction of sp³-hybridized carbons (Fsp3) is 0.350. The number of hydrogen-bond acceptors (Lipinski definition) is 5. The molecule has 0 saturated carbocycles. The number of carbonyl (C=O) groups excluding carboxylic acids is 1.